The Hall–Kier alpha value is -1.94. The van der Waals surface area contributed by atoms with Crippen LogP contribution in [0, 0.1) is 23.7 Å². The van der Waals surface area contributed by atoms with Gasteiger partial charge >= 0.3 is 39.5 Å². The fourth-order valence-electron chi connectivity index (χ4n) is 11.7. The molecule has 19 heteroatoms. The molecule has 0 aromatic heterocycles. The van der Waals surface area contributed by atoms with Crippen molar-refractivity contribution in [2.45, 2.75) is 408 Å². The maximum Gasteiger partial charge on any atom is 0.472 e. The molecule has 0 rings (SSSR count). The van der Waals surface area contributed by atoms with E-state index in [1.54, 1.807) is 0 Å². The molecule has 0 bridgehead atoms. The Morgan fingerprint density at radius 3 is 0.646 bits per heavy atom. The third-order valence-corrected chi connectivity index (χ3v) is 19.7. The summed E-state index contributed by atoms with van der Waals surface area (Å²) >= 11 is 0. The molecule has 0 saturated heterocycles. The average Bonchev–Trinajstić information content (AvgIpc) is 3.30. The molecule has 0 amide bonds. The number of hydrogen-bond donors (Lipinski definition) is 3. The number of hydrogen-bond acceptors (Lipinski definition) is 15. The number of carbonyl (C=O) groups excluding carboxylic acids is 4. The lowest BCUT2D eigenvalue weighted by molar-refractivity contribution is -0.161. The van der Waals surface area contributed by atoms with Crippen LogP contribution >= 0.6 is 15.6 Å². The van der Waals surface area contributed by atoms with Crippen molar-refractivity contribution in [3.8, 4) is 0 Å². The summed E-state index contributed by atoms with van der Waals surface area (Å²) in [4.78, 5) is 72.8. The van der Waals surface area contributed by atoms with Gasteiger partial charge < -0.3 is 33.8 Å². The van der Waals surface area contributed by atoms with E-state index in [9.17, 15) is 43.2 Å². The van der Waals surface area contributed by atoms with Crippen molar-refractivity contribution in [3.63, 3.8) is 0 Å². The molecule has 570 valence electrons. The van der Waals surface area contributed by atoms with Crippen LogP contribution in [0.15, 0.2) is 0 Å². The fraction of sp³-hybridized carbons (Fsp3) is 0.948. The number of ether oxygens (including phenoxy) is 4. The van der Waals surface area contributed by atoms with Gasteiger partial charge in [0.25, 0.3) is 0 Å². The Kier molecular flexibility index (Phi) is 65.0. The number of esters is 4. The van der Waals surface area contributed by atoms with Gasteiger partial charge in [-0.3, -0.25) is 37.3 Å². The molecule has 0 aromatic rings. The van der Waals surface area contributed by atoms with Gasteiger partial charge in [-0.05, 0) is 49.4 Å². The summed E-state index contributed by atoms with van der Waals surface area (Å²) in [7, 11) is -9.91. The van der Waals surface area contributed by atoms with Crippen molar-refractivity contribution in [2.24, 2.45) is 23.7 Å². The Bertz CT molecular complexity index is 1880. The second-order valence-electron chi connectivity index (χ2n) is 29.7. The number of phosphoric acid groups is 2. The highest BCUT2D eigenvalue weighted by atomic mass is 31.2. The molecule has 0 aliphatic heterocycles. The highest BCUT2D eigenvalue weighted by Crippen LogP contribution is 2.45. The van der Waals surface area contributed by atoms with Gasteiger partial charge in [-0.25, -0.2) is 9.13 Å². The van der Waals surface area contributed by atoms with E-state index in [2.05, 4.69) is 55.4 Å². The van der Waals surface area contributed by atoms with Crippen LogP contribution < -0.4 is 0 Å². The van der Waals surface area contributed by atoms with Crippen LogP contribution in [0.4, 0.5) is 0 Å². The predicted molar refractivity (Wildman–Crippen MR) is 391 cm³/mol. The SMILES string of the molecule is CC(C)CCCCCCCCCCCCCCCCCCC(=O)OC[C@H](COP(=O)(O)OC[C@@H](O)COP(=O)(O)OC[C@@H](COC(=O)CCCCCCCCC(C)C)OC(=O)CCCCCCCCCCCC(C)C)OC(=O)CCCCCCCCCCCCCCCC(C)C. The van der Waals surface area contributed by atoms with E-state index >= 15 is 0 Å². The fourth-order valence-corrected chi connectivity index (χ4v) is 13.3. The largest absolute Gasteiger partial charge is 0.472 e. The third kappa shape index (κ3) is 70.5. The summed E-state index contributed by atoms with van der Waals surface area (Å²) in [6, 6.07) is 0. The quantitative estimate of drug-likeness (QED) is 0.0222. The minimum atomic E-state index is -4.96. The van der Waals surface area contributed by atoms with Gasteiger partial charge in [0.2, 0.25) is 0 Å². The summed E-state index contributed by atoms with van der Waals surface area (Å²) in [5.41, 5.74) is 0. The van der Waals surface area contributed by atoms with Crippen molar-refractivity contribution >= 4 is 39.5 Å². The zero-order valence-corrected chi connectivity index (χ0v) is 64.8. The maximum absolute atomic E-state index is 13.1. The number of phosphoric ester groups is 2. The zero-order chi connectivity index (χ0) is 71.0. The standard InChI is InChI=1S/C77H150O17P2/c1-67(2)53-45-37-29-23-18-14-11-9-10-12-16-20-26-32-41-49-57-74(79)87-63-72(93-76(81)59-51-43-33-27-21-17-13-15-19-24-30-38-46-54-68(3)4)65-91-95(83,84)89-61-71(78)62-90-96(85,86)92-66-73(64-88-75(80)58-50-42-36-35-40-48-56-70(7)8)94-77(82)60-52-44-34-28-22-25-31-39-47-55-69(5)6/h67-73,78H,9-66H2,1-8H3,(H,83,84)(H,85,86)/t71-,72-,73-/m1/s1. The zero-order valence-electron chi connectivity index (χ0n) is 63.0. The van der Waals surface area contributed by atoms with E-state index in [1.165, 1.54) is 186 Å². The number of aliphatic hydroxyl groups excluding tert-OH is 1. The van der Waals surface area contributed by atoms with Crippen molar-refractivity contribution in [2.75, 3.05) is 39.6 Å². The van der Waals surface area contributed by atoms with Gasteiger partial charge in [0.1, 0.15) is 19.3 Å². The Labute approximate surface area is 588 Å². The van der Waals surface area contributed by atoms with Crippen molar-refractivity contribution in [3.05, 3.63) is 0 Å². The van der Waals surface area contributed by atoms with Crippen LogP contribution in [-0.2, 0) is 65.4 Å². The van der Waals surface area contributed by atoms with Gasteiger partial charge in [-0.15, -0.1) is 0 Å². The predicted octanol–water partition coefficient (Wildman–Crippen LogP) is 22.4. The maximum atomic E-state index is 13.1. The molecule has 2 unspecified atom stereocenters. The Morgan fingerprint density at radius 2 is 0.438 bits per heavy atom. The lowest BCUT2D eigenvalue weighted by atomic mass is 10.0. The molecular formula is C77H150O17P2. The smallest absolute Gasteiger partial charge is 0.462 e. The van der Waals surface area contributed by atoms with Crippen LogP contribution in [0.2, 0.25) is 0 Å². The van der Waals surface area contributed by atoms with E-state index in [-0.39, 0.29) is 25.7 Å². The number of aliphatic hydroxyl groups is 1. The van der Waals surface area contributed by atoms with Crippen molar-refractivity contribution < 1.29 is 80.2 Å². The summed E-state index contributed by atoms with van der Waals surface area (Å²) in [6.07, 6.45) is 51.6. The molecule has 0 heterocycles. The first-order valence-corrected chi connectivity index (χ1v) is 42.7. The molecular weight excluding hydrogens is 1260 g/mol. The first-order chi connectivity index (χ1) is 46.1. The van der Waals surface area contributed by atoms with Gasteiger partial charge in [0.05, 0.1) is 26.4 Å². The monoisotopic (exact) mass is 1410 g/mol. The summed E-state index contributed by atoms with van der Waals surface area (Å²) in [6.45, 7) is 14.1. The van der Waals surface area contributed by atoms with E-state index in [0.717, 1.165) is 114 Å². The van der Waals surface area contributed by atoms with Crippen LogP contribution in [-0.4, -0.2) is 96.7 Å². The lowest BCUT2D eigenvalue weighted by Gasteiger charge is -2.21. The molecule has 0 aromatic carbocycles. The van der Waals surface area contributed by atoms with Crippen molar-refractivity contribution in [1.29, 1.82) is 0 Å². The highest BCUT2D eigenvalue weighted by molar-refractivity contribution is 7.47. The Balaban J connectivity index is 5.22. The summed E-state index contributed by atoms with van der Waals surface area (Å²) in [5.74, 6) is 0.893. The molecule has 96 heavy (non-hydrogen) atoms. The molecule has 0 spiro atoms. The van der Waals surface area contributed by atoms with Crippen LogP contribution in [0.1, 0.15) is 389 Å². The summed E-state index contributed by atoms with van der Waals surface area (Å²) in [5, 5.41) is 10.6. The van der Waals surface area contributed by atoms with Gasteiger partial charge in [-0.1, -0.05) is 338 Å². The normalized spacial score (nSPS) is 14.1. The van der Waals surface area contributed by atoms with Crippen LogP contribution in [0.5, 0.6) is 0 Å². The first-order valence-electron chi connectivity index (χ1n) is 39.7. The molecule has 5 atom stereocenters. The molecule has 0 fully saturated rings. The van der Waals surface area contributed by atoms with Crippen molar-refractivity contribution in [1.82, 2.24) is 0 Å². The van der Waals surface area contributed by atoms with Crippen LogP contribution in [0.3, 0.4) is 0 Å². The lowest BCUT2D eigenvalue weighted by Crippen LogP contribution is -2.30. The molecule has 0 radical (unpaired) electrons. The molecule has 3 N–H and O–H groups in total. The number of carbonyl (C=O) groups is 4. The van der Waals surface area contributed by atoms with Gasteiger partial charge in [0, 0.05) is 25.7 Å². The minimum Gasteiger partial charge on any atom is -0.462 e. The molecule has 17 nitrogen and oxygen atoms in total. The minimum absolute atomic E-state index is 0.104. The summed E-state index contributed by atoms with van der Waals surface area (Å²) < 4.78 is 68.5. The van der Waals surface area contributed by atoms with E-state index < -0.39 is 97.5 Å². The number of unbranched alkanes of at least 4 members (excludes halogenated alkanes) is 40. The molecule has 0 aliphatic carbocycles. The van der Waals surface area contributed by atoms with Gasteiger partial charge in [0.15, 0.2) is 12.2 Å². The van der Waals surface area contributed by atoms with E-state index in [4.69, 9.17) is 37.0 Å². The topological polar surface area (TPSA) is 237 Å². The van der Waals surface area contributed by atoms with E-state index in [0.29, 0.717) is 31.6 Å². The Morgan fingerprint density at radius 1 is 0.260 bits per heavy atom. The third-order valence-electron chi connectivity index (χ3n) is 17.8. The average molecular weight is 1410 g/mol. The van der Waals surface area contributed by atoms with Crippen LogP contribution in [0.25, 0.3) is 0 Å². The second-order valence-corrected chi connectivity index (χ2v) is 32.6. The molecule has 0 aliphatic rings. The second kappa shape index (κ2) is 66.3. The first kappa shape index (κ1) is 94.1. The van der Waals surface area contributed by atoms with E-state index in [1.807, 2.05) is 0 Å². The number of rotatable bonds is 74. The molecule has 0 saturated carbocycles. The van der Waals surface area contributed by atoms with Gasteiger partial charge in [-0.2, -0.15) is 0 Å². The highest BCUT2D eigenvalue weighted by Gasteiger charge is 2.30.